The van der Waals surface area contributed by atoms with E-state index in [2.05, 4.69) is 10.3 Å². The van der Waals surface area contributed by atoms with E-state index in [1.165, 1.54) is 18.2 Å². The smallest absolute Gasteiger partial charge is 0.272 e. The maximum Gasteiger partial charge on any atom is 0.272 e. The van der Waals surface area contributed by atoms with E-state index in [4.69, 9.17) is 4.74 Å². The lowest BCUT2D eigenvalue weighted by Crippen LogP contribution is -2.36. The third kappa shape index (κ3) is 6.80. The van der Waals surface area contributed by atoms with Gasteiger partial charge in [0.2, 0.25) is 5.88 Å². The Labute approximate surface area is 128 Å². The van der Waals surface area contributed by atoms with Crippen molar-refractivity contribution < 1.29 is 23.4 Å². The molecule has 7 heteroatoms. The molecule has 1 aromatic rings. The first-order chi connectivity index (χ1) is 10.2. The summed E-state index contributed by atoms with van der Waals surface area (Å²) in [5, 5.41) is 12.1. The molecule has 1 unspecified atom stereocenters. The van der Waals surface area contributed by atoms with Gasteiger partial charge in [0.15, 0.2) is 6.61 Å². The molecule has 22 heavy (non-hydrogen) atoms. The topological polar surface area (TPSA) is 71.5 Å². The lowest BCUT2D eigenvalue weighted by molar-refractivity contribution is 0.0790. The molecule has 0 radical (unpaired) electrons. The maximum absolute atomic E-state index is 12.1. The van der Waals surface area contributed by atoms with Gasteiger partial charge in [0.05, 0.1) is 6.10 Å². The van der Waals surface area contributed by atoms with Gasteiger partial charge in [0, 0.05) is 12.6 Å². The summed E-state index contributed by atoms with van der Waals surface area (Å²) < 4.78 is 28.9. The standard InChI is InChI=1S/C15H22F2N2O3/c1-10(20)7-15(2,3)9-18-14(21)11-5-4-6-13(19-11)22-8-12(16)17/h4-6,10,12,20H,7-9H2,1-3H3,(H,18,21). The van der Waals surface area contributed by atoms with E-state index < -0.39 is 25.0 Å². The fraction of sp³-hybridized carbons (Fsp3) is 0.600. The van der Waals surface area contributed by atoms with Crippen molar-refractivity contribution >= 4 is 5.91 Å². The number of alkyl halides is 2. The molecule has 1 aromatic heterocycles. The SMILES string of the molecule is CC(O)CC(C)(C)CNC(=O)c1cccc(OCC(F)F)n1. The van der Waals surface area contributed by atoms with Crippen LogP contribution in [-0.2, 0) is 0 Å². The number of ether oxygens (including phenoxy) is 1. The molecule has 0 aliphatic carbocycles. The van der Waals surface area contributed by atoms with Crippen LogP contribution in [-0.4, -0.2) is 41.7 Å². The Morgan fingerprint density at radius 1 is 1.45 bits per heavy atom. The van der Waals surface area contributed by atoms with Crippen LogP contribution in [0.15, 0.2) is 18.2 Å². The van der Waals surface area contributed by atoms with Crippen LogP contribution in [0, 0.1) is 5.41 Å². The van der Waals surface area contributed by atoms with Crippen molar-refractivity contribution in [1.29, 1.82) is 0 Å². The van der Waals surface area contributed by atoms with Crippen molar-refractivity contribution in [2.45, 2.75) is 39.7 Å². The summed E-state index contributed by atoms with van der Waals surface area (Å²) in [7, 11) is 0. The van der Waals surface area contributed by atoms with Crippen LogP contribution in [0.3, 0.4) is 0 Å². The van der Waals surface area contributed by atoms with E-state index in [-0.39, 0.29) is 17.0 Å². The van der Waals surface area contributed by atoms with Gasteiger partial charge in [-0.05, 0) is 24.8 Å². The molecular weight excluding hydrogens is 294 g/mol. The van der Waals surface area contributed by atoms with Gasteiger partial charge < -0.3 is 15.2 Å². The molecule has 0 aliphatic rings. The molecule has 0 spiro atoms. The third-order valence-corrected chi connectivity index (χ3v) is 2.89. The van der Waals surface area contributed by atoms with Crippen LogP contribution in [0.2, 0.25) is 0 Å². The number of halogens is 2. The van der Waals surface area contributed by atoms with E-state index >= 15 is 0 Å². The highest BCUT2D eigenvalue weighted by molar-refractivity contribution is 5.92. The van der Waals surface area contributed by atoms with Gasteiger partial charge in [0.1, 0.15) is 5.69 Å². The molecule has 1 amide bonds. The highest BCUT2D eigenvalue weighted by Gasteiger charge is 2.21. The van der Waals surface area contributed by atoms with Crippen LogP contribution < -0.4 is 10.1 Å². The molecule has 5 nitrogen and oxygen atoms in total. The number of pyridine rings is 1. The van der Waals surface area contributed by atoms with Gasteiger partial charge in [0.25, 0.3) is 12.3 Å². The predicted octanol–water partition coefficient (Wildman–Crippen LogP) is 2.25. The second-order valence-electron chi connectivity index (χ2n) is 5.96. The van der Waals surface area contributed by atoms with Crippen LogP contribution in [0.5, 0.6) is 5.88 Å². The zero-order valence-electron chi connectivity index (χ0n) is 13.0. The third-order valence-electron chi connectivity index (χ3n) is 2.89. The Kier molecular flexibility index (Phi) is 6.67. The largest absolute Gasteiger partial charge is 0.472 e. The Morgan fingerprint density at radius 2 is 2.14 bits per heavy atom. The van der Waals surface area contributed by atoms with Crippen molar-refractivity contribution in [2.24, 2.45) is 5.41 Å². The minimum absolute atomic E-state index is 0.0174. The van der Waals surface area contributed by atoms with Crippen molar-refractivity contribution in [3.05, 3.63) is 23.9 Å². The normalized spacial score (nSPS) is 13.0. The van der Waals surface area contributed by atoms with Crippen molar-refractivity contribution in [1.82, 2.24) is 10.3 Å². The summed E-state index contributed by atoms with van der Waals surface area (Å²) in [5.74, 6) is -0.433. The van der Waals surface area contributed by atoms with Crippen LogP contribution in [0.4, 0.5) is 8.78 Å². The van der Waals surface area contributed by atoms with Crippen molar-refractivity contribution in [2.75, 3.05) is 13.2 Å². The number of aliphatic hydroxyl groups excluding tert-OH is 1. The minimum atomic E-state index is -2.60. The Balaban J connectivity index is 2.60. The molecule has 1 atom stereocenters. The fourth-order valence-electron chi connectivity index (χ4n) is 2.05. The first-order valence-corrected chi connectivity index (χ1v) is 7.04. The van der Waals surface area contributed by atoms with Crippen LogP contribution in [0.1, 0.15) is 37.7 Å². The molecule has 0 fully saturated rings. The molecule has 2 N–H and O–H groups in total. The molecular formula is C15H22F2N2O3. The van der Waals surface area contributed by atoms with Gasteiger partial charge in [-0.3, -0.25) is 4.79 Å². The lowest BCUT2D eigenvalue weighted by Gasteiger charge is -2.26. The summed E-state index contributed by atoms with van der Waals surface area (Å²) >= 11 is 0. The Bertz CT molecular complexity index is 493. The molecule has 124 valence electrons. The molecule has 0 saturated heterocycles. The van der Waals surface area contributed by atoms with Gasteiger partial charge in [-0.25, -0.2) is 13.8 Å². The van der Waals surface area contributed by atoms with E-state index in [0.29, 0.717) is 13.0 Å². The molecule has 1 rings (SSSR count). The molecule has 0 saturated carbocycles. The minimum Gasteiger partial charge on any atom is -0.472 e. The van der Waals surface area contributed by atoms with Gasteiger partial charge in [-0.2, -0.15) is 0 Å². The lowest BCUT2D eigenvalue weighted by atomic mass is 9.87. The summed E-state index contributed by atoms with van der Waals surface area (Å²) in [5.41, 5.74) is -0.173. The molecule has 0 aliphatic heterocycles. The van der Waals surface area contributed by atoms with Crippen LogP contribution in [0.25, 0.3) is 0 Å². The number of aromatic nitrogens is 1. The quantitative estimate of drug-likeness (QED) is 0.771. The van der Waals surface area contributed by atoms with Gasteiger partial charge >= 0.3 is 0 Å². The van der Waals surface area contributed by atoms with Crippen molar-refractivity contribution in [3.63, 3.8) is 0 Å². The number of nitrogens with one attached hydrogen (secondary N) is 1. The average molecular weight is 316 g/mol. The first kappa shape index (κ1) is 18.3. The number of carbonyl (C=O) groups is 1. The van der Waals surface area contributed by atoms with Gasteiger partial charge in [-0.1, -0.05) is 19.9 Å². The van der Waals surface area contributed by atoms with E-state index in [0.717, 1.165) is 0 Å². The monoisotopic (exact) mass is 316 g/mol. The molecule has 0 aromatic carbocycles. The van der Waals surface area contributed by atoms with Crippen molar-refractivity contribution in [3.8, 4) is 5.88 Å². The summed E-state index contributed by atoms with van der Waals surface area (Å²) in [4.78, 5) is 15.9. The van der Waals surface area contributed by atoms with E-state index in [1.807, 2.05) is 13.8 Å². The number of aliphatic hydroxyl groups is 1. The Morgan fingerprint density at radius 3 is 2.73 bits per heavy atom. The highest BCUT2D eigenvalue weighted by atomic mass is 19.3. The number of rotatable bonds is 8. The second kappa shape index (κ2) is 8.03. The summed E-state index contributed by atoms with van der Waals surface area (Å²) in [6.07, 6.45) is -2.52. The molecule has 1 heterocycles. The molecule has 0 bridgehead atoms. The first-order valence-electron chi connectivity index (χ1n) is 7.04. The maximum atomic E-state index is 12.1. The number of hydrogen-bond donors (Lipinski definition) is 2. The number of hydrogen-bond acceptors (Lipinski definition) is 4. The average Bonchev–Trinajstić information content (AvgIpc) is 2.41. The van der Waals surface area contributed by atoms with Crippen LogP contribution >= 0.6 is 0 Å². The summed E-state index contributed by atoms with van der Waals surface area (Å²) in [6, 6.07) is 4.41. The van der Waals surface area contributed by atoms with Gasteiger partial charge in [-0.15, -0.1) is 0 Å². The number of carbonyl (C=O) groups excluding carboxylic acids is 1. The Hall–Kier alpha value is -1.76. The number of amides is 1. The fourth-order valence-corrected chi connectivity index (χ4v) is 2.05. The van der Waals surface area contributed by atoms with E-state index in [9.17, 15) is 18.7 Å². The highest BCUT2D eigenvalue weighted by Crippen LogP contribution is 2.21. The van der Waals surface area contributed by atoms with E-state index in [1.54, 1.807) is 6.92 Å². The zero-order chi connectivity index (χ0) is 16.8. The summed E-state index contributed by atoms with van der Waals surface area (Å²) in [6.45, 7) is 5.14. The zero-order valence-corrected chi connectivity index (χ0v) is 13.0. The second-order valence-corrected chi connectivity index (χ2v) is 5.96. The predicted molar refractivity (Wildman–Crippen MR) is 78.1 cm³/mol. The number of nitrogens with zero attached hydrogens (tertiary/aromatic N) is 1.